The molecule has 1 fully saturated rings. The van der Waals surface area contributed by atoms with E-state index in [0.717, 1.165) is 44.8 Å². The molecule has 0 amide bonds. The number of oxazole rings is 1. The number of hydrogen-bond donors (Lipinski definition) is 1. The summed E-state index contributed by atoms with van der Waals surface area (Å²) < 4.78 is 25.0. The summed E-state index contributed by atoms with van der Waals surface area (Å²) >= 11 is 0. The van der Waals surface area contributed by atoms with Crippen LogP contribution in [-0.4, -0.2) is 66.3 Å². The topological polar surface area (TPSA) is 62.0 Å². The molecule has 6 nitrogen and oxygen atoms in total. The molecule has 0 aliphatic carbocycles. The SMILES string of the molecule is COc1ccc(F)c(-c2nc(CN3CCN(CCCO)CC3)c(C)o2)c1. The zero-order chi connectivity index (χ0) is 18.5. The molecule has 1 saturated heterocycles. The second-order valence-electron chi connectivity index (χ2n) is 6.56. The first-order valence-corrected chi connectivity index (χ1v) is 8.96. The lowest BCUT2D eigenvalue weighted by Gasteiger charge is -2.34. The maximum atomic E-state index is 14.1. The van der Waals surface area contributed by atoms with Gasteiger partial charge in [-0.2, -0.15) is 0 Å². The van der Waals surface area contributed by atoms with E-state index in [9.17, 15) is 4.39 Å². The fraction of sp³-hybridized carbons (Fsp3) is 0.526. The lowest BCUT2D eigenvalue weighted by molar-refractivity contribution is 0.118. The van der Waals surface area contributed by atoms with E-state index in [4.69, 9.17) is 14.3 Å². The van der Waals surface area contributed by atoms with Crippen molar-refractivity contribution in [3.63, 3.8) is 0 Å². The molecule has 7 heteroatoms. The Balaban J connectivity index is 1.66. The summed E-state index contributed by atoms with van der Waals surface area (Å²) in [6.45, 7) is 7.58. The Morgan fingerprint density at radius 2 is 1.96 bits per heavy atom. The minimum Gasteiger partial charge on any atom is -0.497 e. The van der Waals surface area contributed by atoms with Gasteiger partial charge in [-0.05, 0) is 31.5 Å². The maximum Gasteiger partial charge on any atom is 0.229 e. The first-order valence-electron chi connectivity index (χ1n) is 8.96. The Kier molecular flexibility index (Phi) is 6.24. The number of hydrogen-bond acceptors (Lipinski definition) is 6. The number of nitrogens with zero attached hydrogens (tertiary/aromatic N) is 3. The molecule has 2 aromatic rings. The summed E-state index contributed by atoms with van der Waals surface area (Å²) in [6, 6.07) is 4.54. The van der Waals surface area contributed by atoms with Crippen LogP contribution in [-0.2, 0) is 6.54 Å². The molecule has 26 heavy (non-hydrogen) atoms. The highest BCUT2D eigenvalue weighted by molar-refractivity contribution is 5.57. The molecule has 0 saturated carbocycles. The zero-order valence-electron chi connectivity index (χ0n) is 15.4. The number of benzene rings is 1. The fourth-order valence-corrected chi connectivity index (χ4v) is 3.16. The molecule has 0 unspecified atom stereocenters. The lowest BCUT2D eigenvalue weighted by Crippen LogP contribution is -2.46. The van der Waals surface area contributed by atoms with Crippen LogP contribution >= 0.6 is 0 Å². The molecule has 1 N–H and O–H groups in total. The summed E-state index contributed by atoms with van der Waals surface area (Å²) in [7, 11) is 1.55. The quantitative estimate of drug-likeness (QED) is 0.815. The van der Waals surface area contributed by atoms with Crippen molar-refractivity contribution < 1.29 is 18.7 Å². The van der Waals surface area contributed by atoms with E-state index in [2.05, 4.69) is 14.8 Å². The van der Waals surface area contributed by atoms with Crippen molar-refractivity contribution in [3.8, 4) is 17.2 Å². The summed E-state index contributed by atoms with van der Waals surface area (Å²) in [5, 5.41) is 8.93. The number of rotatable bonds is 7. The van der Waals surface area contributed by atoms with Gasteiger partial charge >= 0.3 is 0 Å². The van der Waals surface area contributed by atoms with Crippen LogP contribution in [0.5, 0.6) is 5.75 Å². The molecule has 0 radical (unpaired) electrons. The molecule has 2 heterocycles. The molecule has 0 atom stereocenters. The highest BCUT2D eigenvalue weighted by Gasteiger charge is 2.21. The number of piperazine rings is 1. The van der Waals surface area contributed by atoms with Crippen molar-refractivity contribution >= 4 is 0 Å². The predicted octanol–water partition coefficient (Wildman–Crippen LogP) is 2.30. The van der Waals surface area contributed by atoms with Gasteiger partial charge in [0.15, 0.2) is 0 Å². The molecule has 1 aromatic carbocycles. The lowest BCUT2D eigenvalue weighted by atomic mass is 10.2. The monoisotopic (exact) mass is 363 g/mol. The van der Waals surface area contributed by atoms with Crippen molar-refractivity contribution in [3.05, 3.63) is 35.5 Å². The first-order chi connectivity index (χ1) is 12.6. The second kappa shape index (κ2) is 8.62. The van der Waals surface area contributed by atoms with E-state index in [0.29, 0.717) is 23.6 Å². The average Bonchev–Trinajstić information content (AvgIpc) is 3.02. The van der Waals surface area contributed by atoms with Gasteiger partial charge < -0.3 is 19.2 Å². The summed E-state index contributed by atoms with van der Waals surface area (Å²) in [5.74, 6) is 1.19. The Bertz CT molecular complexity index is 727. The maximum absolute atomic E-state index is 14.1. The van der Waals surface area contributed by atoms with Crippen LogP contribution < -0.4 is 4.74 Å². The molecule has 142 valence electrons. The fourth-order valence-electron chi connectivity index (χ4n) is 3.16. The van der Waals surface area contributed by atoms with E-state index in [1.807, 2.05) is 6.92 Å². The number of aliphatic hydroxyl groups excluding tert-OH is 1. The van der Waals surface area contributed by atoms with Gasteiger partial charge in [0.05, 0.1) is 18.4 Å². The van der Waals surface area contributed by atoms with Gasteiger partial charge in [-0.25, -0.2) is 9.37 Å². The van der Waals surface area contributed by atoms with Crippen molar-refractivity contribution in [2.24, 2.45) is 0 Å². The summed E-state index contributed by atoms with van der Waals surface area (Å²) in [4.78, 5) is 9.21. The molecule has 1 aliphatic heterocycles. The van der Waals surface area contributed by atoms with E-state index in [1.54, 1.807) is 19.2 Å². The van der Waals surface area contributed by atoms with Crippen molar-refractivity contribution in [1.82, 2.24) is 14.8 Å². The smallest absolute Gasteiger partial charge is 0.229 e. The van der Waals surface area contributed by atoms with Crippen LogP contribution in [0, 0.1) is 12.7 Å². The first kappa shape index (κ1) is 18.8. The molecule has 1 aromatic heterocycles. The van der Waals surface area contributed by atoms with Crippen LogP contribution in [0.15, 0.2) is 22.6 Å². The van der Waals surface area contributed by atoms with Gasteiger partial charge in [0, 0.05) is 45.9 Å². The molecule has 0 spiro atoms. The van der Waals surface area contributed by atoms with Gasteiger partial charge in [-0.1, -0.05) is 0 Å². The minimum absolute atomic E-state index is 0.238. The number of aliphatic hydroxyl groups is 1. The van der Waals surface area contributed by atoms with Crippen LogP contribution in [0.25, 0.3) is 11.5 Å². The van der Waals surface area contributed by atoms with Crippen LogP contribution in [0.4, 0.5) is 4.39 Å². The molecular formula is C19H26FN3O3. The third-order valence-corrected chi connectivity index (χ3v) is 4.77. The van der Waals surface area contributed by atoms with Gasteiger partial charge in [0.25, 0.3) is 0 Å². The number of ether oxygens (including phenoxy) is 1. The van der Waals surface area contributed by atoms with Crippen LogP contribution in [0.1, 0.15) is 17.9 Å². The third kappa shape index (κ3) is 4.41. The van der Waals surface area contributed by atoms with Crippen molar-refractivity contribution in [2.75, 3.05) is 46.4 Å². The minimum atomic E-state index is -0.379. The standard InChI is InChI=1S/C19H26FN3O3/c1-14-18(13-23-9-7-22(8-10-23)6-3-11-24)21-19(26-14)16-12-15(25-2)4-5-17(16)20/h4-5,12,24H,3,6-11,13H2,1-2H3. The Morgan fingerprint density at radius 3 is 2.65 bits per heavy atom. The molecule has 1 aliphatic rings. The Labute approximate surface area is 153 Å². The van der Waals surface area contributed by atoms with Gasteiger partial charge in [-0.3, -0.25) is 4.90 Å². The third-order valence-electron chi connectivity index (χ3n) is 4.77. The van der Waals surface area contributed by atoms with Gasteiger partial charge in [-0.15, -0.1) is 0 Å². The van der Waals surface area contributed by atoms with E-state index >= 15 is 0 Å². The molecule has 3 rings (SSSR count). The number of aromatic nitrogens is 1. The second-order valence-corrected chi connectivity index (χ2v) is 6.56. The van der Waals surface area contributed by atoms with Gasteiger partial charge in [0.2, 0.25) is 5.89 Å². The largest absolute Gasteiger partial charge is 0.497 e. The van der Waals surface area contributed by atoms with E-state index in [1.165, 1.54) is 6.07 Å². The molecule has 0 bridgehead atoms. The van der Waals surface area contributed by atoms with Gasteiger partial charge in [0.1, 0.15) is 17.3 Å². The summed E-state index contributed by atoms with van der Waals surface area (Å²) in [6.07, 6.45) is 0.817. The Hall–Kier alpha value is -1.96. The number of aryl methyl sites for hydroxylation is 1. The summed E-state index contributed by atoms with van der Waals surface area (Å²) in [5.41, 5.74) is 1.15. The van der Waals surface area contributed by atoms with Crippen molar-refractivity contribution in [1.29, 1.82) is 0 Å². The highest BCUT2D eigenvalue weighted by atomic mass is 19.1. The number of halogens is 1. The normalized spacial score (nSPS) is 16.2. The van der Waals surface area contributed by atoms with Crippen molar-refractivity contribution in [2.45, 2.75) is 19.9 Å². The predicted molar refractivity (Wildman–Crippen MR) is 96.6 cm³/mol. The molecular weight excluding hydrogens is 337 g/mol. The van der Waals surface area contributed by atoms with Crippen LogP contribution in [0.3, 0.4) is 0 Å². The number of methoxy groups -OCH3 is 1. The highest BCUT2D eigenvalue weighted by Crippen LogP contribution is 2.28. The average molecular weight is 363 g/mol. The van der Waals surface area contributed by atoms with Crippen LogP contribution in [0.2, 0.25) is 0 Å². The van der Waals surface area contributed by atoms with E-state index in [-0.39, 0.29) is 18.3 Å². The Morgan fingerprint density at radius 1 is 1.23 bits per heavy atom. The zero-order valence-corrected chi connectivity index (χ0v) is 15.4. The van der Waals surface area contributed by atoms with E-state index < -0.39 is 0 Å².